The second-order valence-electron chi connectivity index (χ2n) is 2.48. The molecule has 0 aliphatic heterocycles. The number of hydrogen-bond acceptors (Lipinski definition) is 0. The van der Waals surface area contributed by atoms with Crippen LogP contribution >= 0.6 is 8.58 Å². The standard InChI is InChI=1S/C12H12P.K/c1-3-8-11(4-2)13-12-9-6-5-7-10-12;/h3-10H,1-2H2;/q-1;+1/b11-8+;. The molecular formula is C12H12KP. The molecule has 0 atom stereocenters. The van der Waals surface area contributed by atoms with Crippen molar-refractivity contribution in [1.82, 2.24) is 0 Å². The Morgan fingerprint density at radius 2 is 1.79 bits per heavy atom. The Morgan fingerprint density at radius 1 is 1.14 bits per heavy atom. The van der Waals surface area contributed by atoms with Crippen molar-refractivity contribution >= 4 is 13.9 Å². The van der Waals surface area contributed by atoms with Gasteiger partial charge in [0.15, 0.2) is 0 Å². The van der Waals surface area contributed by atoms with Gasteiger partial charge in [-0.15, -0.1) is 6.58 Å². The monoisotopic (exact) mass is 226 g/mol. The quantitative estimate of drug-likeness (QED) is 0.399. The molecule has 0 saturated carbocycles. The molecule has 0 unspecified atom stereocenters. The molecule has 66 valence electrons. The number of benzene rings is 1. The Kier molecular flexibility index (Phi) is 9.10. The van der Waals surface area contributed by atoms with Crippen molar-refractivity contribution in [2.24, 2.45) is 0 Å². The molecule has 0 aliphatic rings. The zero-order chi connectivity index (χ0) is 9.52. The van der Waals surface area contributed by atoms with Gasteiger partial charge >= 0.3 is 51.4 Å². The van der Waals surface area contributed by atoms with Gasteiger partial charge in [0, 0.05) is 0 Å². The fraction of sp³-hybridized carbons (Fsp3) is 0. The molecule has 0 spiro atoms. The molecule has 0 bridgehead atoms. The van der Waals surface area contributed by atoms with Gasteiger partial charge in [-0.3, -0.25) is 0 Å². The minimum Gasteiger partial charge on any atom is -0.472 e. The van der Waals surface area contributed by atoms with E-state index in [1.165, 1.54) is 19.2 Å². The number of rotatable bonds is 4. The van der Waals surface area contributed by atoms with Gasteiger partial charge in [0.05, 0.1) is 0 Å². The fourth-order valence-electron chi connectivity index (χ4n) is 0.923. The first-order chi connectivity index (χ1) is 6.36. The van der Waals surface area contributed by atoms with E-state index in [-0.39, 0.29) is 51.4 Å². The van der Waals surface area contributed by atoms with E-state index >= 15 is 0 Å². The molecule has 0 nitrogen and oxygen atoms in total. The van der Waals surface area contributed by atoms with Crippen molar-refractivity contribution < 1.29 is 51.4 Å². The molecule has 0 saturated heterocycles. The Labute approximate surface area is 130 Å². The normalized spacial score (nSPS) is 11.0. The van der Waals surface area contributed by atoms with Crippen molar-refractivity contribution in [3.63, 3.8) is 0 Å². The summed E-state index contributed by atoms with van der Waals surface area (Å²) in [6.07, 6.45) is 5.62. The van der Waals surface area contributed by atoms with Gasteiger partial charge in [-0.25, -0.2) is 10.6 Å². The van der Waals surface area contributed by atoms with Gasteiger partial charge in [0.2, 0.25) is 0 Å². The van der Waals surface area contributed by atoms with Crippen LogP contribution in [0.4, 0.5) is 0 Å². The van der Waals surface area contributed by atoms with Crippen LogP contribution in [-0.2, 0) is 0 Å². The topological polar surface area (TPSA) is 0 Å². The second kappa shape index (κ2) is 8.79. The smallest absolute Gasteiger partial charge is 0.472 e. The molecule has 0 heterocycles. The van der Waals surface area contributed by atoms with E-state index in [0.29, 0.717) is 0 Å². The van der Waals surface area contributed by atoms with Gasteiger partial charge < -0.3 is 8.58 Å². The van der Waals surface area contributed by atoms with Gasteiger partial charge in [-0.05, 0) is 0 Å². The van der Waals surface area contributed by atoms with E-state index in [1.54, 1.807) is 6.08 Å². The van der Waals surface area contributed by atoms with Gasteiger partial charge in [-0.1, -0.05) is 55.1 Å². The minimum atomic E-state index is 0. The van der Waals surface area contributed by atoms with Crippen LogP contribution in [-0.4, -0.2) is 0 Å². The summed E-state index contributed by atoms with van der Waals surface area (Å²) in [7, 11) is 1.18. The fourth-order valence-corrected chi connectivity index (χ4v) is 1.81. The van der Waals surface area contributed by atoms with Crippen LogP contribution < -0.4 is 56.7 Å². The summed E-state index contributed by atoms with van der Waals surface area (Å²) in [6, 6.07) is 10.3. The summed E-state index contributed by atoms with van der Waals surface area (Å²) < 4.78 is 0. The Bertz CT molecular complexity index is 314. The molecule has 1 rings (SSSR count). The predicted molar refractivity (Wildman–Crippen MR) is 61.5 cm³/mol. The molecular weight excluding hydrogens is 214 g/mol. The molecule has 0 N–H and O–H groups in total. The minimum absolute atomic E-state index is 0. The van der Waals surface area contributed by atoms with Gasteiger partial charge in [0.1, 0.15) is 0 Å². The van der Waals surface area contributed by atoms with Crippen LogP contribution in [0.1, 0.15) is 0 Å². The SMILES string of the molecule is C=C/C=C(\C=C)[P-]c1ccccc1.[K+]. The van der Waals surface area contributed by atoms with E-state index in [9.17, 15) is 0 Å². The van der Waals surface area contributed by atoms with E-state index in [2.05, 4.69) is 25.3 Å². The van der Waals surface area contributed by atoms with Crippen molar-refractivity contribution in [2.75, 3.05) is 0 Å². The first-order valence-corrected chi connectivity index (χ1v) is 4.98. The molecule has 1 aromatic carbocycles. The molecule has 0 fully saturated rings. The zero-order valence-electron chi connectivity index (χ0n) is 8.48. The van der Waals surface area contributed by atoms with Gasteiger partial charge in [0.25, 0.3) is 0 Å². The van der Waals surface area contributed by atoms with E-state index < -0.39 is 0 Å². The largest absolute Gasteiger partial charge is 1.00 e. The van der Waals surface area contributed by atoms with Gasteiger partial charge in [-0.2, -0.15) is 0 Å². The summed E-state index contributed by atoms with van der Waals surface area (Å²) in [5, 5.41) is 2.44. The molecule has 14 heavy (non-hydrogen) atoms. The molecule has 1 aromatic rings. The second-order valence-corrected chi connectivity index (χ2v) is 3.74. The van der Waals surface area contributed by atoms with Crippen molar-refractivity contribution in [3.05, 3.63) is 67.0 Å². The molecule has 0 radical (unpaired) electrons. The van der Waals surface area contributed by atoms with Crippen LogP contribution in [0.3, 0.4) is 0 Å². The third-order valence-corrected chi connectivity index (χ3v) is 2.66. The maximum absolute atomic E-state index is 3.75. The number of allylic oxidation sites excluding steroid dienone is 4. The maximum Gasteiger partial charge on any atom is 1.00 e. The average molecular weight is 226 g/mol. The molecule has 2 heteroatoms. The summed E-state index contributed by atoms with van der Waals surface area (Å²) in [4.78, 5) is 0. The van der Waals surface area contributed by atoms with Crippen LogP contribution in [0.5, 0.6) is 0 Å². The molecule has 0 aliphatic carbocycles. The van der Waals surface area contributed by atoms with Crippen LogP contribution in [0.15, 0.2) is 67.0 Å². The Balaban J connectivity index is 0.00000169. The van der Waals surface area contributed by atoms with E-state index in [4.69, 9.17) is 0 Å². The predicted octanol–water partition coefficient (Wildman–Crippen LogP) is 0.518. The average Bonchev–Trinajstić information content (AvgIpc) is 2.19. The van der Waals surface area contributed by atoms with Crippen LogP contribution in [0.25, 0.3) is 0 Å². The summed E-state index contributed by atoms with van der Waals surface area (Å²) in [5.41, 5.74) is 0. The maximum atomic E-state index is 3.75. The van der Waals surface area contributed by atoms with E-state index in [1.807, 2.05) is 30.4 Å². The zero-order valence-corrected chi connectivity index (χ0v) is 12.5. The third-order valence-electron chi connectivity index (χ3n) is 1.51. The molecule has 0 aromatic heterocycles. The Morgan fingerprint density at radius 3 is 2.29 bits per heavy atom. The summed E-state index contributed by atoms with van der Waals surface area (Å²) >= 11 is 0. The van der Waals surface area contributed by atoms with Crippen molar-refractivity contribution in [1.29, 1.82) is 0 Å². The van der Waals surface area contributed by atoms with Crippen molar-refractivity contribution in [2.45, 2.75) is 0 Å². The number of hydrogen-bond donors (Lipinski definition) is 0. The summed E-state index contributed by atoms with van der Waals surface area (Å²) in [5.74, 6) is 0. The first-order valence-electron chi connectivity index (χ1n) is 4.09. The van der Waals surface area contributed by atoms with Crippen LogP contribution in [0, 0.1) is 0 Å². The van der Waals surface area contributed by atoms with Crippen LogP contribution in [0.2, 0.25) is 0 Å². The van der Waals surface area contributed by atoms with Crippen molar-refractivity contribution in [3.8, 4) is 0 Å². The van der Waals surface area contributed by atoms with E-state index in [0.717, 1.165) is 0 Å². The molecule has 0 amide bonds. The first kappa shape index (κ1) is 14.5. The summed E-state index contributed by atoms with van der Waals surface area (Å²) in [6.45, 7) is 7.41. The third kappa shape index (κ3) is 5.40. The Hall–Kier alpha value is 0.506.